The van der Waals surface area contributed by atoms with E-state index in [1.165, 1.54) is 0 Å². The minimum atomic E-state index is 0.211. The number of nitrogens with two attached hydrogens (primary N) is 1. The Morgan fingerprint density at radius 1 is 1.14 bits per heavy atom. The summed E-state index contributed by atoms with van der Waals surface area (Å²) in [4.78, 5) is 14.9. The Bertz CT molecular complexity index is 627. The molecule has 0 atom stereocenters. The summed E-state index contributed by atoms with van der Waals surface area (Å²) in [6.07, 6.45) is 0. The molecule has 2 heterocycles. The smallest absolute Gasteiger partial charge is 0.233 e. The lowest BCUT2D eigenvalue weighted by Crippen LogP contribution is -2.37. The first-order chi connectivity index (χ1) is 10.2. The van der Waals surface area contributed by atoms with E-state index in [-0.39, 0.29) is 5.95 Å². The summed E-state index contributed by atoms with van der Waals surface area (Å²) in [7, 11) is 0. The van der Waals surface area contributed by atoms with Crippen LogP contribution in [0.25, 0.3) is 0 Å². The standard InChI is InChI=1S/C14H18N6O/c1-10-4-2-3-5-11(10)16-13-17-12(15)18-14(19-13)20-6-8-21-9-7-20/h2-5H,6-9H2,1H3,(H3,15,16,17,18,19). The first-order valence-corrected chi connectivity index (χ1v) is 6.89. The van der Waals surface area contributed by atoms with Crippen molar-refractivity contribution in [2.75, 3.05) is 42.3 Å². The number of hydrogen-bond acceptors (Lipinski definition) is 7. The summed E-state index contributed by atoms with van der Waals surface area (Å²) in [6.45, 7) is 4.88. The monoisotopic (exact) mass is 286 g/mol. The van der Waals surface area contributed by atoms with Gasteiger partial charge < -0.3 is 20.7 Å². The van der Waals surface area contributed by atoms with Crippen molar-refractivity contribution < 1.29 is 4.74 Å². The third kappa shape index (κ3) is 3.19. The van der Waals surface area contributed by atoms with Crippen molar-refractivity contribution in [2.45, 2.75) is 6.92 Å². The molecule has 0 amide bonds. The molecule has 0 unspecified atom stereocenters. The predicted octanol–water partition coefficient (Wildman–Crippen LogP) is 1.34. The molecular formula is C14H18N6O. The Balaban J connectivity index is 1.85. The summed E-state index contributed by atoms with van der Waals surface area (Å²) in [5.74, 6) is 1.25. The molecule has 1 aliphatic rings. The van der Waals surface area contributed by atoms with Crippen molar-refractivity contribution in [1.82, 2.24) is 15.0 Å². The van der Waals surface area contributed by atoms with Gasteiger partial charge in [-0.25, -0.2) is 0 Å². The van der Waals surface area contributed by atoms with Crippen LogP contribution in [0.5, 0.6) is 0 Å². The Hall–Kier alpha value is -2.41. The fourth-order valence-corrected chi connectivity index (χ4v) is 2.17. The van der Waals surface area contributed by atoms with Crippen molar-refractivity contribution in [1.29, 1.82) is 0 Å². The highest BCUT2D eigenvalue weighted by molar-refractivity contribution is 5.59. The molecule has 110 valence electrons. The zero-order valence-electron chi connectivity index (χ0n) is 11.9. The van der Waals surface area contributed by atoms with Gasteiger partial charge >= 0.3 is 0 Å². The number of benzene rings is 1. The van der Waals surface area contributed by atoms with Crippen molar-refractivity contribution in [2.24, 2.45) is 0 Å². The molecule has 0 bridgehead atoms. The molecule has 1 aromatic heterocycles. The molecule has 7 nitrogen and oxygen atoms in total. The highest BCUT2D eigenvalue weighted by atomic mass is 16.5. The number of ether oxygens (including phenoxy) is 1. The highest BCUT2D eigenvalue weighted by Gasteiger charge is 2.16. The molecule has 0 saturated carbocycles. The van der Waals surface area contributed by atoms with E-state index in [0.29, 0.717) is 25.1 Å². The van der Waals surface area contributed by atoms with E-state index < -0.39 is 0 Å². The average molecular weight is 286 g/mol. The van der Waals surface area contributed by atoms with Crippen LogP contribution in [0, 0.1) is 6.92 Å². The number of morpholine rings is 1. The van der Waals surface area contributed by atoms with Crippen LogP contribution in [-0.2, 0) is 4.74 Å². The van der Waals surface area contributed by atoms with Gasteiger partial charge in [0.1, 0.15) is 0 Å². The second kappa shape index (κ2) is 5.92. The largest absolute Gasteiger partial charge is 0.378 e. The number of aromatic nitrogens is 3. The molecule has 1 aliphatic heterocycles. The maximum absolute atomic E-state index is 5.80. The van der Waals surface area contributed by atoms with Crippen molar-refractivity contribution in [3.05, 3.63) is 29.8 Å². The van der Waals surface area contributed by atoms with Gasteiger partial charge in [0, 0.05) is 18.8 Å². The van der Waals surface area contributed by atoms with Gasteiger partial charge in [0.25, 0.3) is 0 Å². The molecule has 2 aromatic rings. The van der Waals surface area contributed by atoms with Crippen LogP contribution < -0.4 is 16.0 Å². The minimum absolute atomic E-state index is 0.211. The van der Waals surface area contributed by atoms with Crippen LogP contribution in [0.4, 0.5) is 23.5 Å². The van der Waals surface area contributed by atoms with E-state index >= 15 is 0 Å². The molecular weight excluding hydrogens is 268 g/mol. The van der Waals surface area contributed by atoms with Crippen LogP contribution in [0.15, 0.2) is 24.3 Å². The van der Waals surface area contributed by atoms with Gasteiger partial charge in [-0.05, 0) is 18.6 Å². The number of hydrogen-bond donors (Lipinski definition) is 2. The second-order valence-corrected chi connectivity index (χ2v) is 4.86. The molecule has 3 rings (SSSR count). The van der Waals surface area contributed by atoms with E-state index in [4.69, 9.17) is 10.5 Å². The van der Waals surface area contributed by atoms with E-state index in [1.54, 1.807) is 0 Å². The summed E-state index contributed by atoms with van der Waals surface area (Å²) in [5.41, 5.74) is 7.87. The second-order valence-electron chi connectivity index (χ2n) is 4.86. The fourth-order valence-electron chi connectivity index (χ4n) is 2.17. The Kier molecular flexibility index (Phi) is 3.83. The number of nitrogens with zero attached hydrogens (tertiary/aromatic N) is 4. The molecule has 7 heteroatoms. The first kappa shape index (κ1) is 13.6. The van der Waals surface area contributed by atoms with Gasteiger partial charge in [0.15, 0.2) is 0 Å². The lowest BCUT2D eigenvalue weighted by atomic mass is 10.2. The van der Waals surface area contributed by atoms with Gasteiger partial charge in [0.2, 0.25) is 17.8 Å². The third-order valence-electron chi connectivity index (χ3n) is 3.33. The average Bonchev–Trinajstić information content (AvgIpc) is 2.50. The Morgan fingerprint density at radius 3 is 2.67 bits per heavy atom. The lowest BCUT2D eigenvalue weighted by Gasteiger charge is -2.26. The Morgan fingerprint density at radius 2 is 1.90 bits per heavy atom. The number of nitrogen functional groups attached to an aromatic ring is 1. The maximum atomic E-state index is 5.80. The van der Waals surface area contributed by atoms with Crippen molar-refractivity contribution in [3.8, 4) is 0 Å². The van der Waals surface area contributed by atoms with Crippen molar-refractivity contribution >= 4 is 23.5 Å². The van der Waals surface area contributed by atoms with E-state index in [9.17, 15) is 0 Å². The molecule has 1 aromatic carbocycles. The number of anilines is 4. The molecule has 1 saturated heterocycles. The predicted molar refractivity (Wildman–Crippen MR) is 81.7 cm³/mol. The normalized spacial score (nSPS) is 15.0. The molecule has 21 heavy (non-hydrogen) atoms. The van der Waals surface area contributed by atoms with Crippen LogP contribution in [0.1, 0.15) is 5.56 Å². The van der Waals surface area contributed by atoms with Crippen LogP contribution >= 0.6 is 0 Å². The van der Waals surface area contributed by atoms with Crippen LogP contribution in [0.3, 0.4) is 0 Å². The zero-order chi connectivity index (χ0) is 14.7. The van der Waals surface area contributed by atoms with Crippen LogP contribution in [0.2, 0.25) is 0 Å². The molecule has 0 aliphatic carbocycles. The summed E-state index contributed by atoms with van der Waals surface area (Å²) >= 11 is 0. The van der Waals surface area contributed by atoms with Crippen LogP contribution in [-0.4, -0.2) is 41.3 Å². The SMILES string of the molecule is Cc1ccccc1Nc1nc(N)nc(N2CCOCC2)n1. The van der Waals surface area contributed by atoms with E-state index in [0.717, 1.165) is 24.3 Å². The topological polar surface area (TPSA) is 89.2 Å². The van der Waals surface area contributed by atoms with Gasteiger partial charge in [-0.15, -0.1) is 0 Å². The van der Waals surface area contributed by atoms with Crippen molar-refractivity contribution in [3.63, 3.8) is 0 Å². The fraction of sp³-hybridized carbons (Fsp3) is 0.357. The van der Waals surface area contributed by atoms with Gasteiger partial charge in [-0.3, -0.25) is 0 Å². The molecule has 3 N–H and O–H groups in total. The molecule has 1 fully saturated rings. The quantitative estimate of drug-likeness (QED) is 0.880. The molecule has 0 radical (unpaired) electrons. The van der Waals surface area contributed by atoms with Gasteiger partial charge in [0.05, 0.1) is 13.2 Å². The number of para-hydroxylation sites is 1. The highest BCUT2D eigenvalue weighted by Crippen LogP contribution is 2.20. The van der Waals surface area contributed by atoms with Gasteiger partial charge in [-0.1, -0.05) is 18.2 Å². The number of nitrogens with one attached hydrogen (secondary N) is 1. The Labute approximate surface area is 123 Å². The number of aryl methyl sites for hydroxylation is 1. The third-order valence-corrected chi connectivity index (χ3v) is 3.33. The summed E-state index contributed by atoms with van der Waals surface area (Å²) < 4.78 is 5.33. The van der Waals surface area contributed by atoms with E-state index in [1.807, 2.05) is 36.1 Å². The summed E-state index contributed by atoms with van der Waals surface area (Å²) in [6, 6.07) is 7.95. The van der Waals surface area contributed by atoms with Gasteiger partial charge in [-0.2, -0.15) is 15.0 Å². The summed E-state index contributed by atoms with van der Waals surface area (Å²) in [5, 5.41) is 3.19. The molecule has 0 spiro atoms. The van der Waals surface area contributed by atoms with E-state index in [2.05, 4.69) is 20.3 Å². The number of rotatable bonds is 3. The first-order valence-electron chi connectivity index (χ1n) is 6.89. The minimum Gasteiger partial charge on any atom is -0.378 e. The zero-order valence-corrected chi connectivity index (χ0v) is 11.9. The lowest BCUT2D eigenvalue weighted by molar-refractivity contribution is 0.122. The maximum Gasteiger partial charge on any atom is 0.233 e.